The number of halogens is 3. The molecule has 0 aliphatic rings. The Kier molecular flexibility index (Phi) is 10.1. The zero-order chi connectivity index (χ0) is 24.5. The lowest BCUT2D eigenvalue weighted by Crippen LogP contribution is -2.50. The molecule has 0 saturated carbocycles. The predicted octanol–water partition coefficient (Wildman–Crippen LogP) is 6.27. The van der Waals surface area contributed by atoms with Gasteiger partial charge in [0.05, 0.1) is 15.8 Å². The Morgan fingerprint density at radius 2 is 1.62 bits per heavy atom. The summed E-state index contributed by atoms with van der Waals surface area (Å²) in [6, 6.07) is 21.8. The second-order valence-electron chi connectivity index (χ2n) is 7.71. The first-order valence-corrected chi connectivity index (χ1v) is 13.0. The predicted molar refractivity (Wildman–Crippen MR) is 143 cm³/mol. The number of hydrogen-bond donors (Lipinski definition) is 1. The van der Waals surface area contributed by atoms with Crippen LogP contribution in [0.2, 0.25) is 15.1 Å². The zero-order valence-electron chi connectivity index (χ0n) is 18.6. The molecule has 3 aromatic carbocycles. The number of hydrogen-bond acceptors (Lipinski definition) is 3. The lowest BCUT2D eigenvalue weighted by molar-refractivity contribution is -0.139. The molecule has 4 nitrogen and oxygen atoms in total. The molecule has 0 spiro atoms. The van der Waals surface area contributed by atoms with Gasteiger partial charge in [-0.2, -0.15) is 0 Å². The summed E-state index contributed by atoms with van der Waals surface area (Å²) in [5.41, 5.74) is 2.81. The Morgan fingerprint density at radius 1 is 0.882 bits per heavy atom. The van der Waals surface area contributed by atoms with E-state index in [-0.39, 0.29) is 24.1 Å². The van der Waals surface area contributed by atoms with Crippen LogP contribution in [0.15, 0.2) is 72.8 Å². The lowest BCUT2D eigenvalue weighted by Gasteiger charge is -2.31. The molecule has 3 aromatic rings. The van der Waals surface area contributed by atoms with E-state index in [0.717, 1.165) is 16.7 Å². The van der Waals surface area contributed by atoms with Crippen LogP contribution in [0, 0.1) is 0 Å². The normalized spacial score (nSPS) is 11.6. The molecule has 0 unspecified atom stereocenters. The van der Waals surface area contributed by atoms with Crippen LogP contribution in [-0.2, 0) is 28.3 Å². The molecule has 0 radical (unpaired) electrons. The standard InChI is InChI=1S/C26H25Cl3N2O2S/c1-30-26(33)24(14-18-6-3-2-4-7-18)31(15-19-8-5-9-21(27)12-19)25(32)17-34-16-20-10-11-22(28)23(29)13-20/h2-13,24H,14-17H2,1H3,(H,30,33)/t24-/m1/s1. The van der Waals surface area contributed by atoms with Crippen LogP contribution in [0.3, 0.4) is 0 Å². The summed E-state index contributed by atoms with van der Waals surface area (Å²) in [5.74, 6) is 0.461. The first kappa shape index (κ1) is 26.4. The van der Waals surface area contributed by atoms with E-state index < -0.39 is 6.04 Å². The third-order valence-corrected chi connectivity index (χ3v) is 7.20. The van der Waals surface area contributed by atoms with Crippen LogP contribution in [0.1, 0.15) is 16.7 Å². The first-order valence-electron chi connectivity index (χ1n) is 10.7. The third-order valence-electron chi connectivity index (χ3n) is 5.24. The maximum atomic E-state index is 13.4. The van der Waals surface area contributed by atoms with Gasteiger partial charge in [-0.15, -0.1) is 11.8 Å². The fourth-order valence-electron chi connectivity index (χ4n) is 3.52. The van der Waals surface area contributed by atoms with E-state index in [1.54, 1.807) is 30.1 Å². The minimum absolute atomic E-state index is 0.130. The van der Waals surface area contributed by atoms with Crippen molar-refractivity contribution in [2.24, 2.45) is 0 Å². The van der Waals surface area contributed by atoms with Gasteiger partial charge < -0.3 is 10.2 Å². The largest absolute Gasteiger partial charge is 0.357 e. The maximum Gasteiger partial charge on any atom is 0.242 e. The number of amides is 2. The minimum Gasteiger partial charge on any atom is -0.357 e. The molecular formula is C26H25Cl3N2O2S. The van der Waals surface area contributed by atoms with Crippen molar-refractivity contribution in [3.05, 3.63) is 105 Å². The van der Waals surface area contributed by atoms with Crippen molar-refractivity contribution in [2.45, 2.75) is 24.8 Å². The molecule has 0 heterocycles. The first-order chi connectivity index (χ1) is 16.4. The highest BCUT2D eigenvalue weighted by Crippen LogP contribution is 2.25. The van der Waals surface area contributed by atoms with Gasteiger partial charge in [-0.05, 0) is 41.0 Å². The number of thioether (sulfide) groups is 1. The Bertz CT molecular complexity index is 1130. The quantitative estimate of drug-likeness (QED) is 0.333. The van der Waals surface area contributed by atoms with Crippen molar-refractivity contribution in [3.8, 4) is 0 Å². The summed E-state index contributed by atoms with van der Waals surface area (Å²) in [7, 11) is 1.58. The van der Waals surface area contributed by atoms with E-state index in [4.69, 9.17) is 34.8 Å². The van der Waals surface area contributed by atoms with Gasteiger partial charge in [-0.3, -0.25) is 9.59 Å². The van der Waals surface area contributed by atoms with Crippen LogP contribution in [0.25, 0.3) is 0 Å². The number of likely N-dealkylation sites (N-methyl/N-ethyl adjacent to an activating group) is 1. The van der Waals surface area contributed by atoms with Gasteiger partial charge in [0, 0.05) is 30.8 Å². The van der Waals surface area contributed by atoms with E-state index in [2.05, 4.69) is 5.32 Å². The van der Waals surface area contributed by atoms with Gasteiger partial charge in [-0.25, -0.2) is 0 Å². The van der Waals surface area contributed by atoms with E-state index in [9.17, 15) is 9.59 Å². The van der Waals surface area contributed by atoms with Crippen LogP contribution in [0.5, 0.6) is 0 Å². The Morgan fingerprint density at radius 3 is 2.29 bits per heavy atom. The molecule has 0 fully saturated rings. The van der Waals surface area contributed by atoms with Gasteiger partial charge >= 0.3 is 0 Å². The number of carbonyl (C=O) groups excluding carboxylic acids is 2. The van der Waals surface area contributed by atoms with Crippen molar-refractivity contribution in [2.75, 3.05) is 12.8 Å². The van der Waals surface area contributed by atoms with Gasteiger partial charge in [0.25, 0.3) is 0 Å². The van der Waals surface area contributed by atoms with Crippen LogP contribution in [-0.4, -0.2) is 35.6 Å². The smallest absolute Gasteiger partial charge is 0.242 e. The Labute approximate surface area is 219 Å². The highest BCUT2D eigenvalue weighted by Gasteiger charge is 2.29. The van der Waals surface area contributed by atoms with Crippen LogP contribution in [0.4, 0.5) is 0 Å². The van der Waals surface area contributed by atoms with E-state index in [0.29, 0.717) is 27.2 Å². The summed E-state index contributed by atoms with van der Waals surface area (Å²) >= 11 is 19.7. The molecular weight excluding hydrogens is 511 g/mol. The SMILES string of the molecule is CNC(=O)[C@@H](Cc1ccccc1)N(Cc1cccc(Cl)c1)C(=O)CSCc1ccc(Cl)c(Cl)c1. The van der Waals surface area contributed by atoms with Crippen molar-refractivity contribution in [1.29, 1.82) is 0 Å². The van der Waals surface area contributed by atoms with Gasteiger partial charge in [0.2, 0.25) is 11.8 Å². The van der Waals surface area contributed by atoms with E-state index >= 15 is 0 Å². The third kappa shape index (κ3) is 7.67. The topological polar surface area (TPSA) is 49.4 Å². The van der Waals surface area contributed by atoms with Gasteiger partial charge in [0.15, 0.2) is 0 Å². The van der Waals surface area contributed by atoms with Crippen molar-refractivity contribution in [1.82, 2.24) is 10.2 Å². The number of nitrogens with zero attached hydrogens (tertiary/aromatic N) is 1. The average molecular weight is 536 g/mol. The lowest BCUT2D eigenvalue weighted by atomic mass is 10.0. The van der Waals surface area contributed by atoms with Gasteiger partial charge in [-0.1, -0.05) is 83.3 Å². The van der Waals surface area contributed by atoms with Crippen LogP contribution >= 0.6 is 46.6 Å². The van der Waals surface area contributed by atoms with E-state index in [1.807, 2.05) is 54.6 Å². The second-order valence-corrected chi connectivity index (χ2v) is 9.95. The number of carbonyl (C=O) groups is 2. The molecule has 0 aliphatic heterocycles. The average Bonchev–Trinajstić information content (AvgIpc) is 2.83. The summed E-state index contributed by atoms with van der Waals surface area (Å²) < 4.78 is 0. The molecule has 1 N–H and O–H groups in total. The molecule has 178 valence electrons. The highest BCUT2D eigenvalue weighted by molar-refractivity contribution is 7.99. The summed E-state index contributed by atoms with van der Waals surface area (Å²) in [6.07, 6.45) is 0.407. The summed E-state index contributed by atoms with van der Waals surface area (Å²) in [6.45, 7) is 0.275. The monoisotopic (exact) mass is 534 g/mol. The molecule has 8 heteroatoms. The zero-order valence-corrected chi connectivity index (χ0v) is 21.7. The van der Waals surface area contributed by atoms with Crippen molar-refractivity contribution >= 4 is 58.4 Å². The number of benzene rings is 3. The van der Waals surface area contributed by atoms with Crippen molar-refractivity contribution in [3.63, 3.8) is 0 Å². The van der Waals surface area contributed by atoms with Crippen LogP contribution < -0.4 is 5.32 Å². The van der Waals surface area contributed by atoms with E-state index in [1.165, 1.54) is 11.8 Å². The molecule has 0 saturated heterocycles. The molecule has 0 aromatic heterocycles. The second kappa shape index (κ2) is 13.1. The maximum absolute atomic E-state index is 13.4. The molecule has 34 heavy (non-hydrogen) atoms. The molecule has 0 aliphatic carbocycles. The molecule has 3 rings (SSSR count). The van der Waals surface area contributed by atoms with Crippen molar-refractivity contribution < 1.29 is 9.59 Å². The minimum atomic E-state index is -0.663. The molecule has 1 atom stereocenters. The number of nitrogens with one attached hydrogen (secondary N) is 1. The molecule has 2 amide bonds. The highest BCUT2D eigenvalue weighted by atomic mass is 35.5. The molecule has 0 bridgehead atoms. The van der Waals surface area contributed by atoms with Gasteiger partial charge in [0.1, 0.15) is 6.04 Å². The summed E-state index contributed by atoms with van der Waals surface area (Å²) in [5, 5.41) is 4.28. The fraction of sp³-hybridized carbons (Fsp3) is 0.231. The number of rotatable bonds is 10. The fourth-order valence-corrected chi connectivity index (χ4v) is 4.91. The summed E-state index contributed by atoms with van der Waals surface area (Å²) in [4.78, 5) is 28.0. The Balaban J connectivity index is 1.80. The Hall–Kier alpha value is -2.18.